The number of nitrogens with one attached hydrogen (secondary N) is 1. The van der Waals surface area contributed by atoms with Gasteiger partial charge < -0.3 is 4.74 Å². The number of rotatable bonds is 6. The van der Waals surface area contributed by atoms with Gasteiger partial charge in [0.2, 0.25) is 11.5 Å². The molecule has 0 amide bonds. The first-order valence-corrected chi connectivity index (χ1v) is 8.46. The van der Waals surface area contributed by atoms with Gasteiger partial charge in [-0.2, -0.15) is 13.5 Å². The van der Waals surface area contributed by atoms with Crippen LogP contribution in [-0.2, 0) is 19.6 Å². The molecule has 0 aliphatic rings. The van der Waals surface area contributed by atoms with E-state index in [0.29, 0.717) is 0 Å². The van der Waals surface area contributed by atoms with E-state index in [1.54, 1.807) is 0 Å². The van der Waals surface area contributed by atoms with Crippen LogP contribution in [0.5, 0.6) is 0 Å². The van der Waals surface area contributed by atoms with Crippen LogP contribution < -0.4 is 5.43 Å². The molecule has 0 aliphatic carbocycles. The lowest BCUT2D eigenvalue weighted by Gasteiger charge is -2.06. The summed E-state index contributed by atoms with van der Waals surface area (Å²) in [5, 5.41) is 3.69. The predicted octanol–water partition coefficient (Wildman–Crippen LogP) is 1.90. The lowest BCUT2D eigenvalue weighted by atomic mass is 10.1. The van der Waals surface area contributed by atoms with Crippen LogP contribution in [0, 0.1) is 5.82 Å². The van der Waals surface area contributed by atoms with Gasteiger partial charge in [0.05, 0.1) is 17.7 Å². The zero-order chi connectivity index (χ0) is 19.3. The third-order valence-corrected chi connectivity index (χ3v) is 4.02. The van der Waals surface area contributed by atoms with Gasteiger partial charge >= 0.3 is 5.97 Å². The highest BCUT2D eigenvalue weighted by Gasteiger charge is 2.23. The van der Waals surface area contributed by atoms with E-state index >= 15 is 0 Å². The van der Waals surface area contributed by atoms with Crippen molar-refractivity contribution in [1.82, 2.24) is 0 Å². The van der Waals surface area contributed by atoms with E-state index in [2.05, 4.69) is 15.3 Å². The Balaban J connectivity index is 2.28. The normalized spacial score (nSPS) is 11.7. The number of ketones is 1. The first-order valence-electron chi connectivity index (χ1n) is 7.02. The standard InChI is InChI=1S/C16H13FN2O6S/c1-25-16(21)14(15(20)10-2-4-11(17)5-3-10)19-18-12-6-8-13(9-7-12)26(22,23)24/h2-9,18H,1H3,(H,22,23,24). The number of methoxy groups -OCH3 is 1. The number of nitrogens with zero attached hydrogens (tertiary/aromatic N) is 1. The monoisotopic (exact) mass is 380 g/mol. The van der Waals surface area contributed by atoms with Gasteiger partial charge in [0.15, 0.2) is 0 Å². The van der Waals surface area contributed by atoms with Crippen molar-refractivity contribution >= 4 is 33.3 Å². The zero-order valence-corrected chi connectivity index (χ0v) is 14.2. The minimum absolute atomic E-state index is 0.0269. The summed E-state index contributed by atoms with van der Waals surface area (Å²) in [4.78, 5) is 23.8. The highest BCUT2D eigenvalue weighted by atomic mass is 32.2. The van der Waals surface area contributed by atoms with E-state index < -0.39 is 33.4 Å². The molecule has 0 bridgehead atoms. The number of ether oxygens (including phenoxy) is 1. The number of hydrogen-bond acceptors (Lipinski definition) is 7. The van der Waals surface area contributed by atoms with Crippen LogP contribution in [0.1, 0.15) is 10.4 Å². The average Bonchev–Trinajstić information content (AvgIpc) is 2.61. The maximum absolute atomic E-state index is 13.0. The highest BCUT2D eigenvalue weighted by Crippen LogP contribution is 2.14. The molecule has 26 heavy (non-hydrogen) atoms. The van der Waals surface area contributed by atoms with E-state index in [9.17, 15) is 22.4 Å². The summed E-state index contributed by atoms with van der Waals surface area (Å²) in [5.74, 6) is -2.35. The lowest BCUT2D eigenvalue weighted by Crippen LogP contribution is -2.26. The number of carbonyl (C=O) groups is 2. The number of benzene rings is 2. The Morgan fingerprint density at radius 3 is 2.15 bits per heavy atom. The predicted molar refractivity (Wildman–Crippen MR) is 90.1 cm³/mol. The van der Waals surface area contributed by atoms with Crippen LogP contribution in [0.2, 0.25) is 0 Å². The Morgan fingerprint density at radius 2 is 1.65 bits per heavy atom. The lowest BCUT2D eigenvalue weighted by molar-refractivity contribution is -0.132. The summed E-state index contributed by atoms with van der Waals surface area (Å²) in [7, 11) is -3.28. The summed E-state index contributed by atoms with van der Waals surface area (Å²) < 4.78 is 48.3. The molecule has 0 atom stereocenters. The molecule has 0 saturated heterocycles. The number of hydrogen-bond donors (Lipinski definition) is 2. The summed E-state index contributed by atoms with van der Waals surface area (Å²) in [6.07, 6.45) is 0. The van der Waals surface area contributed by atoms with Crippen molar-refractivity contribution in [1.29, 1.82) is 0 Å². The van der Waals surface area contributed by atoms with E-state index in [0.717, 1.165) is 31.4 Å². The molecule has 10 heteroatoms. The second kappa shape index (κ2) is 7.85. The largest absolute Gasteiger partial charge is 0.464 e. The topological polar surface area (TPSA) is 122 Å². The maximum atomic E-state index is 13.0. The van der Waals surface area contributed by atoms with Crippen molar-refractivity contribution in [2.24, 2.45) is 5.10 Å². The highest BCUT2D eigenvalue weighted by molar-refractivity contribution is 7.85. The van der Waals surface area contributed by atoms with Crippen molar-refractivity contribution in [2.45, 2.75) is 4.90 Å². The van der Waals surface area contributed by atoms with Crippen LogP contribution in [0.25, 0.3) is 0 Å². The fourth-order valence-electron chi connectivity index (χ4n) is 1.85. The zero-order valence-electron chi connectivity index (χ0n) is 13.3. The van der Waals surface area contributed by atoms with Gasteiger partial charge in [-0.25, -0.2) is 9.18 Å². The number of esters is 1. The van der Waals surface area contributed by atoms with E-state index in [-0.39, 0.29) is 16.1 Å². The number of hydrazone groups is 1. The van der Waals surface area contributed by atoms with Crippen LogP contribution in [0.15, 0.2) is 58.5 Å². The van der Waals surface area contributed by atoms with Crippen molar-refractivity contribution < 1.29 is 31.7 Å². The fraction of sp³-hybridized carbons (Fsp3) is 0.0625. The first kappa shape index (κ1) is 19.2. The minimum Gasteiger partial charge on any atom is -0.464 e. The third kappa shape index (κ3) is 4.71. The molecule has 2 rings (SSSR count). The van der Waals surface area contributed by atoms with Crippen molar-refractivity contribution in [3.05, 3.63) is 59.9 Å². The Morgan fingerprint density at radius 1 is 1.08 bits per heavy atom. The average molecular weight is 380 g/mol. The molecule has 2 aromatic carbocycles. The molecule has 0 heterocycles. The summed E-state index contributed by atoms with van der Waals surface area (Å²) in [5.41, 5.74) is 2.10. The third-order valence-electron chi connectivity index (χ3n) is 3.15. The summed E-state index contributed by atoms with van der Waals surface area (Å²) in [6, 6.07) is 9.24. The molecule has 0 spiro atoms. The Kier molecular flexibility index (Phi) is 5.80. The van der Waals surface area contributed by atoms with Crippen molar-refractivity contribution in [3.63, 3.8) is 0 Å². The molecule has 8 nitrogen and oxygen atoms in total. The molecule has 0 unspecified atom stereocenters. The fourth-order valence-corrected chi connectivity index (χ4v) is 2.33. The van der Waals surface area contributed by atoms with Gasteiger partial charge in [0, 0.05) is 5.56 Å². The number of halogens is 1. The molecule has 0 saturated carbocycles. The van der Waals surface area contributed by atoms with Crippen LogP contribution in [0.4, 0.5) is 10.1 Å². The van der Waals surface area contributed by atoms with Crippen LogP contribution >= 0.6 is 0 Å². The molecule has 0 aliphatic heterocycles. The first-order chi connectivity index (χ1) is 12.2. The maximum Gasteiger partial charge on any atom is 0.362 e. The number of anilines is 1. The molecule has 2 aromatic rings. The second-order valence-corrected chi connectivity index (χ2v) is 6.32. The van der Waals surface area contributed by atoms with Gasteiger partial charge in [0.1, 0.15) is 5.82 Å². The second-order valence-electron chi connectivity index (χ2n) is 4.90. The van der Waals surface area contributed by atoms with Gasteiger partial charge in [-0.05, 0) is 48.5 Å². The molecule has 2 N–H and O–H groups in total. The quantitative estimate of drug-likeness (QED) is 0.196. The van der Waals surface area contributed by atoms with Gasteiger partial charge in [-0.3, -0.25) is 14.8 Å². The van der Waals surface area contributed by atoms with Crippen LogP contribution in [-0.4, -0.2) is 37.5 Å². The van der Waals surface area contributed by atoms with Gasteiger partial charge in [-0.1, -0.05) is 0 Å². The summed E-state index contributed by atoms with van der Waals surface area (Å²) >= 11 is 0. The van der Waals surface area contributed by atoms with E-state index in [1.165, 1.54) is 24.3 Å². The Labute approximate surface area is 148 Å². The Hall–Kier alpha value is -3.11. The van der Waals surface area contributed by atoms with Gasteiger partial charge in [-0.15, -0.1) is 0 Å². The SMILES string of the molecule is COC(=O)C(=NNc1ccc(S(=O)(=O)O)cc1)C(=O)c1ccc(F)cc1. The summed E-state index contributed by atoms with van der Waals surface area (Å²) in [6.45, 7) is 0. The van der Waals surface area contributed by atoms with Crippen molar-refractivity contribution in [3.8, 4) is 0 Å². The molecular weight excluding hydrogens is 367 g/mol. The van der Waals surface area contributed by atoms with E-state index in [4.69, 9.17) is 4.55 Å². The molecular formula is C16H13FN2O6S. The molecule has 0 radical (unpaired) electrons. The minimum atomic E-state index is -4.34. The number of carbonyl (C=O) groups excluding carboxylic acids is 2. The smallest absolute Gasteiger partial charge is 0.362 e. The van der Waals surface area contributed by atoms with E-state index in [1.807, 2.05) is 0 Å². The van der Waals surface area contributed by atoms with Crippen molar-refractivity contribution in [2.75, 3.05) is 12.5 Å². The van der Waals surface area contributed by atoms with Gasteiger partial charge in [0.25, 0.3) is 10.1 Å². The molecule has 0 aromatic heterocycles. The van der Waals surface area contributed by atoms with Crippen LogP contribution in [0.3, 0.4) is 0 Å². The molecule has 136 valence electrons. The Bertz CT molecular complexity index is 953. The molecule has 0 fully saturated rings. The number of Topliss-reactive ketones (excluding diaryl/α,β-unsaturated/α-hetero) is 1.